The van der Waals surface area contributed by atoms with Crippen LogP contribution in [0.15, 0.2) is 18.2 Å². The lowest BCUT2D eigenvalue weighted by Gasteiger charge is -2.29. The summed E-state index contributed by atoms with van der Waals surface area (Å²) in [5.41, 5.74) is 0.898. The van der Waals surface area contributed by atoms with Crippen molar-refractivity contribution in [3.63, 3.8) is 0 Å². The predicted octanol–water partition coefficient (Wildman–Crippen LogP) is 2.29. The summed E-state index contributed by atoms with van der Waals surface area (Å²) in [6, 6.07) is 4.53. The van der Waals surface area contributed by atoms with Crippen molar-refractivity contribution in [3.05, 3.63) is 29.6 Å². The third kappa shape index (κ3) is 2.12. The van der Waals surface area contributed by atoms with E-state index in [1.165, 1.54) is 12.1 Å². The van der Waals surface area contributed by atoms with Crippen molar-refractivity contribution in [1.82, 2.24) is 0 Å². The summed E-state index contributed by atoms with van der Waals surface area (Å²) in [5, 5.41) is 9.66. The molecule has 1 aliphatic heterocycles. The third-order valence-corrected chi connectivity index (χ3v) is 2.85. The van der Waals surface area contributed by atoms with Crippen LogP contribution < -0.4 is 4.74 Å². The molecule has 0 unspecified atom stereocenters. The summed E-state index contributed by atoms with van der Waals surface area (Å²) in [6.45, 7) is 1.92. The number of aryl methyl sites for hydroxylation is 1. The maximum Gasteiger partial charge on any atom is 0.125 e. The molecule has 0 fully saturated rings. The highest BCUT2D eigenvalue weighted by atomic mass is 19.1. The second kappa shape index (κ2) is 4.19. The molecule has 1 N–H and O–H groups in total. The summed E-state index contributed by atoms with van der Waals surface area (Å²) >= 11 is 0. The zero-order valence-corrected chi connectivity index (χ0v) is 8.74. The number of ether oxygens (including phenoxy) is 1. The molecule has 2 nitrogen and oxygen atoms in total. The van der Waals surface area contributed by atoms with Gasteiger partial charge in [-0.2, -0.15) is 0 Å². The zero-order chi connectivity index (χ0) is 10.8. The molecule has 0 aromatic heterocycles. The monoisotopic (exact) mass is 210 g/mol. The quantitative estimate of drug-likeness (QED) is 0.811. The summed E-state index contributed by atoms with van der Waals surface area (Å²) in [4.78, 5) is 0. The molecule has 1 heterocycles. The summed E-state index contributed by atoms with van der Waals surface area (Å²) in [5.74, 6) is 0.479. The average Bonchev–Trinajstić information content (AvgIpc) is 2.27. The number of rotatable bonds is 2. The largest absolute Gasteiger partial charge is 0.487 e. The van der Waals surface area contributed by atoms with E-state index in [-0.39, 0.29) is 11.9 Å². The minimum Gasteiger partial charge on any atom is -0.487 e. The zero-order valence-electron chi connectivity index (χ0n) is 8.74. The van der Waals surface area contributed by atoms with Gasteiger partial charge in [0.2, 0.25) is 0 Å². The van der Waals surface area contributed by atoms with E-state index in [0.29, 0.717) is 12.2 Å². The number of hydrogen-bond donors (Lipinski definition) is 1. The lowest BCUT2D eigenvalue weighted by Crippen LogP contribution is -2.34. The molecule has 0 bridgehead atoms. The molecular weight excluding hydrogens is 195 g/mol. The highest BCUT2D eigenvalue weighted by Gasteiger charge is 2.25. The lowest BCUT2D eigenvalue weighted by molar-refractivity contribution is 0.0219. The molecule has 2 atom stereocenters. The first-order valence-corrected chi connectivity index (χ1v) is 5.34. The van der Waals surface area contributed by atoms with Crippen molar-refractivity contribution in [2.75, 3.05) is 0 Å². The Kier molecular flexibility index (Phi) is 2.91. The number of hydrogen-bond acceptors (Lipinski definition) is 2. The predicted molar refractivity (Wildman–Crippen MR) is 55.4 cm³/mol. The van der Waals surface area contributed by atoms with Gasteiger partial charge in [-0.05, 0) is 43.0 Å². The van der Waals surface area contributed by atoms with Crippen molar-refractivity contribution < 1.29 is 14.2 Å². The fraction of sp³-hybridized carbons (Fsp3) is 0.500. The van der Waals surface area contributed by atoms with E-state index in [1.54, 1.807) is 6.07 Å². The Balaban J connectivity index is 2.16. The topological polar surface area (TPSA) is 29.5 Å². The van der Waals surface area contributed by atoms with E-state index in [2.05, 4.69) is 0 Å². The SMILES string of the molecule is CC[C@H](O)[C@@H]1CCc2cc(F)ccc2O1. The van der Waals surface area contributed by atoms with Crippen molar-refractivity contribution >= 4 is 0 Å². The van der Waals surface area contributed by atoms with E-state index >= 15 is 0 Å². The first-order chi connectivity index (χ1) is 7.20. The second-order valence-electron chi connectivity index (χ2n) is 3.92. The summed E-state index contributed by atoms with van der Waals surface area (Å²) in [6.07, 6.45) is 1.64. The van der Waals surface area contributed by atoms with E-state index in [1.807, 2.05) is 6.92 Å². The van der Waals surface area contributed by atoms with Gasteiger partial charge in [0.05, 0.1) is 6.10 Å². The van der Waals surface area contributed by atoms with Gasteiger partial charge < -0.3 is 9.84 Å². The Morgan fingerprint density at radius 2 is 2.40 bits per heavy atom. The number of halogens is 1. The fourth-order valence-electron chi connectivity index (χ4n) is 1.91. The molecule has 0 saturated heterocycles. The van der Waals surface area contributed by atoms with Crippen LogP contribution in [0.4, 0.5) is 4.39 Å². The minimum absolute atomic E-state index is 0.145. The van der Waals surface area contributed by atoms with Crippen LogP contribution >= 0.6 is 0 Å². The molecule has 1 aromatic rings. The molecule has 15 heavy (non-hydrogen) atoms. The average molecular weight is 210 g/mol. The third-order valence-electron chi connectivity index (χ3n) is 2.85. The Morgan fingerprint density at radius 3 is 3.13 bits per heavy atom. The Labute approximate surface area is 88.7 Å². The van der Waals surface area contributed by atoms with Crippen LogP contribution in [-0.2, 0) is 6.42 Å². The van der Waals surface area contributed by atoms with Gasteiger partial charge in [0, 0.05) is 0 Å². The number of fused-ring (bicyclic) bond motifs is 1. The van der Waals surface area contributed by atoms with Gasteiger partial charge in [0.15, 0.2) is 0 Å². The Hall–Kier alpha value is -1.09. The van der Waals surface area contributed by atoms with E-state index in [0.717, 1.165) is 18.4 Å². The van der Waals surface area contributed by atoms with Crippen LogP contribution in [0, 0.1) is 5.82 Å². The molecule has 0 amide bonds. The fourth-order valence-corrected chi connectivity index (χ4v) is 1.91. The van der Waals surface area contributed by atoms with Gasteiger partial charge in [-0.3, -0.25) is 0 Å². The molecule has 0 spiro atoms. The minimum atomic E-state index is -0.428. The maximum atomic E-state index is 12.9. The molecule has 0 saturated carbocycles. The van der Waals surface area contributed by atoms with E-state index in [4.69, 9.17) is 4.74 Å². The van der Waals surface area contributed by atoms with Gasteiger partial charge in [0.1, 0.15) is 17.7 Å². The van der Waals surface area contributed by atoms with Crippen molar-refractivity contribution in [2.24, 2.45) is 0 Å². The normalized spacial score (nSPS) is 21.7. The van der Waals surface area contributed by atoms with E-state index in [9.17, 15) is 9.50 Å². The van der Waals surface area contributed by atoms with Gasteiger partial charge in [-0.1, -0.05) is 6.92 Å². The van der Waals surface area contributed by atoms with Gasteiger partial charge >= 0.3 is 0 Å². The van der Waals surface area contributed by atoms with Crippen molar-refractivity contribution in [2.45, 2.75) is 38.4 Å². The van der Waals surface area contributed by atoms with Crippen LogP contribution in [0.5, 0.6) is 5.75 Å². The number of aliphatic hydroxyl groups excluding tert-OH is 1. The van der Waals surface area contributed by atoms with Crippen LogP contribution in [0.2, 0.25) is 0 Å². The first-order valence-electron chi connectivity index (χ1n) is 5.34. The smallest absolute Gasteiger partial charge is 0.125 e. The number of aliphatic hydroxyl groups is 1. The highest BCUT2D eigenvalue weighted by Crippen LogP contribution is 2.29. The Bertz CT molecular complexity index is 351. The van der Waals surface area contributed by atoms with Gasteiger partial charge in [0.25, 0.3) is 0 Å². The van der Waals surface area contributed by atoms with Crippen LogP contribution in [0.1, 0.15) is 25.3 Å². The Morgan fingerprint density at radius 1 is 1.60 bits per heavy atom. The molecule has 82 valence electrons. The van der Waals surface area contributed by atoms with Crippen molar-refractivity contribution in [3.8, 4) is 5.75 Å². The summed E-state index contributed by atoms with van der Waals surface area (Å²) in [7, 11) is 0. The van der Waals surface area contributed by atoms with Gasteiger partial charge in [-0.15, -0.1) is 0 Å². The maximum absolute atomic E-state index is 12.9. The lowest BCUT2D eigenvalue weighted by atomic mass is 9.98. The van der Waals surface area contributed by atoms with Gasteiger partial charge in [-0.25, -0.2) is 4.39 Å². The molecular formula is C12H15FO2. The van der Waals surface area contributed by atoms with Crippen molar-refractivity contribution in [1.29, 1.82) is 0 Å². The molecule has 0 aliphatic carbocycles. The first kappa shape index (κ1) is 10.4. The molecule has 3 heteroatoms. The van der Waals surface area contributed by atoms with Crippen LogP contribution in [0.3, 0.4) is 0 Å². The standard InChI is InChI=1S/C12H15FO2/c1-2-10(14)12-5-3-8-7-9(13)4-6-11(8)15-12/h4,6-7,10,12,14H,2-3,5H2,1H3/t10-,12-/m0/s1. The second-order valence-corrected chi connectivity index (χ2v) is 3.92. The molecule has 1 aromatic carbocycles. The molecule has 2 rings (SSSR count). The summed E-state index contributed by atoms with van der Waals surface area (Å²) < 4.78 is 18.5. The van der Waals surface area contributed by atoms with Crippen LogP contribution in [-0.4, -0.2) is 17.3 Å². The van der Waals surface area contributed by atoms with Crippen LogP contribution in [0.25, 0.3) is 0 Å². The molecule has 1 aliphatic rings. The highest BCUT2D eigenvalue weighted by molar-refractivity contribution is 5.35. The molecule has 0 radical (unpaired) electrons. The number of benzene rings is 1. The van der Waals surface area contributed by atoms with E-state index < -0.39 is 6.10 Å².